The second kappa shape index (κ2) is 3.64. The minimum Gasteiger partial charge on any atom is -0.420 e. The van der Waals surface area contributed by atoms with Crippen molar-refractivity contribution in [3.05, 3.63) is 29.3 Å². The molecule has 0 saturated heterocycles. The van der Waals surface area contributed by atoms with Gasteiger partial charge in [-0.15, -0.1) is 6.07 Å². The van der Waals surface area contributed by atoms with Crippen molar-refractivity contribution in [3.8, 4) is 0 Å². The van der Waals surface area contributed by atoms with Crippen LogP contribution in [0.15, 0.2) is 12.1 Å². The van der Waals surface area contributed by atoms with E-state index >= 15 is 0 Å². The number of rotatable bonds is 0. The first kappa shape index (κ1) is 9.53. The van der Waals surface area contributed by atoms with E-state index in [1.165, 1.54) is 11.1 Å². The topological polar surface area (TPSA) is 26.0 Å². The van der Waals surface area contributed by atoms with Gasteiger partial charge in [-0.3, -0.25) is 0 Å². The van der Waals surface area contributed by atoms with E-state index in [2.05, 4.69) is 6.07 Å². The number of anilines is 1. The summed E-state index contributed by atoms with van der Waals surface area (Å²) in [5, 5.41) is 0. The molecule has 0 aromatic heterocycles. The molecule has 0 spiro atoms. The molecule has 1 aromatic carbocycles. The maximum absolute atomic E-state index is 5.47. The van der Waals surface area contributed by atoms with E-state index in [-0.39, 0.29) is 16.8 Å². The molecule has 0 atom stereocenters. The summed E-state index contributed by atoms with van der Waals surface area (Å²) in [4.78, 5) is 0. The van der Waals surface area contributed by atoms with Gasteiger partial charge in [-0.1, -0.05) is 19.5 Å². The molecule has 1 rings (SSSR count). The van der Waals surface area contributed by atoms with Gasteiger partial charge < -0.3 is 5.73 Å². The summed E-state index contributed by atoms with van der Waals surface area (Å²) >= 11 is 0. The normalized spacial score (nSPS) is 8.60. The fourth-order valence-electron chi connectivity index (χ4n) is 0.694. The summed E-state index contributed by atoms with van der Waals surface area (Å²) in [7, 11) is 0. The van der Waals surface area contributed by atoms with Crippen LogP contribution in [0.1, 0.15) is 11.1 Å². The van der Waals surface area contributed by atoms with Crippen molar-refractivity contribution in [2.45, 2.75) is 13.8 Å². The Labute approximate surface area is 71.8 Å². The van der Waals surface area contributed by atoms with Gasteiger partial charge in [0.1, 0.15) is 0 Å². The van der Waals surface area contributed by atoms with Crippen molar-refractivity contribution in [1.82, 2.24) is 0 Å². The van der Waals surface area contributed by atoms with Crippen molar-refractivity contribution < 1.29 is 16.8 Å². The number of hydrogen-bond donors (Lipinski definition) is 1. The van der Waals surface area contributed by atoms with E-state index in [0.29, 0.717) is 0 Å². The zero-order valence-electron chi connectivity index (χ0n) is 6.07. The van der Waals surface area contributed by atoms with E-state index in [4.69, 9.17) is 5.73 Å². The summed E-state index contributed by atoms with van der Waals surface area (Å²) in [6.45, 7) is 4.09. The van der Waals surface area contributed by atoms with E-state index in [9.17, 15) is 0 Å². The zero-order valence-corrected chi connectivity index (χ0v) is 7.11. The van der Waals surface area contributed by atoms with Crippen LogP contribution in [0.25, 0.3) is 0 Å². The van der Waals surface area contributed by atoms with Crippen molar-refractivity contribution in [3.63, 3.8) is 0 Å². The van der Waals surface area contributed by atoms with Crippen molar-refractivity contribution in [1.29, 1.82) is 0 Å². The van der Waals surface area contributed by atoms with Crippen LogP contribution in [-0.4, -0.2) is 0 Å². The minimum atomic E-state index is 0. The molecule has 1 nitrogen and oxygen atoms in total. The quantitative estimate of drug-likeness (QED) is 0.476. The Bertz CT molecular complexity index is 220. The largest absolute Gasteiger partial charge is 0.420 e. The molecule has 0 aliphatic heterocycles. The Morgan fingerprint density at radius 2 is 1.90 bits per heavy atom. The van der Waals surface area contributed by atoms with Crippen LogP contribution in [0.2, 0.25) is 0 Å². The van der Waals surface area contributed by atoms with Gasteiger partial charge in [-0.2, -0.15) is 23.3 Å². The number of nitrogens with two attached hydrogens (primary N) is 1. The van der Waals surface area contributed by atoms with Gasteiger partial charge in [-0.05, 0) is 0 Å². The van der Waals surface area contributed by atoms with Gasteiger partial charge in [0.25, 0.3) is 0 Å². The van der Waals surface area contributed by atoms with E-state index in [0.717, 1.165) is 5.69 Å². The minimum absolute atomic E-state index is 0. The second-order valence-electron chi connectivity index (χ2n) is 2.25. The van der Waals surface area contributed by atoms with Crippen LogP contribution in [0.5, 0.6) is 0 Å². The van der Waals surface area contributed by atoms with Crippen molar-refractivity contribution >= 4 is 5.69 Å². The summed E-state index contributed by atoms with van der Waals surface area (Å²) < 4.78 is 0. The van der Waals surface area contributed by atoms with Crippen LogP contribution in [0, 0.1) is 19.9 Å². The number of aryl methyl sites for hydroxylation is 2. The van der Waals surface area contributed by atoms with Crippen LogP contribution in [0.4, 0.5) is 5.69 Å². The molecule has 1 radical (unpaired) electrons. The molecule has 0 heterocycles. The number of nitrogen functional groups attached to an aromatic ring is 1. The Morgan fingerprint density at radius 3 is 2.30 bits per heavy atom. The maximum atomic E-state index is 5.47. The van der Waals surface area contributed by atoms with Gasteiger partial charge in [0.15, 0.2) is 0 Å². The molecule has 0 unspecified atom stereocenters. The van der Waals surface area contributed by atoms with Crippen LogP contribution in [-0.2, 0) is 16.8 Å². The smallest absolute Gasteiger partial charge is 0 e. The third-order valence-corrected chi connectivity index (χ3v) is 1.45. The van der Waals surface area contributed by atoms with Gasteiger partial charge in [0.2, 0.25) is 0 Å². The molecule has 0 saturated carbocycles. The van der Waals surface area contributed by atoms with E-state index in [1.807, 2.05) is 26.0 Å². The van der Waals surface area contributed by atoms with Crippen LogP contribution < -0.4 is 5.73 Å². The number of hydrogen-bond acceptors (Lipinski definition) is 1. The average Bonchev–Trinajstić information content (AvgIpc) is 1.80. The molecule has 2 N–H and O–H groups in total. The van der Waals surface area contributed by atoms with E-state index in [1.54, 1.807) is 0 Å². The van der Waals surface area contributed by atoms with Crippen LogP contribution >= 0.6 is 0 Å². The molecule has 57 valence electrons. The fraction of sp³-hybridized carbons (Fsp3) is 0.250. The average molecular weight is 179 g/mol. The molecule has 2 heteroatoms. The molecule has 0 aliphatic carbocycles. The SMILES string of the molecule is Cc1c[c-]c(N)cc1C.[Co]. The Hall–Kier alpha value is -0.474. The molecule has 0 bridgehead atoms. The Morgan fingerprint density at radius 1 is 1.30 bits per heavy atom. The predicted molar refractivity (Wildman–Crippen MR) is 39.2 cm³/mol. The van der Waals surface area contributed by atoms with Crippen LogP contribution in [0.3, 0.4) is 0 Å². The molecule has 0 amide bonds. The first-order valence-electron chi connectivity index (χ1n) is 2.94. The third kappa shape index (κ3) is 2.04. The molecule has 0 aliphatic rings. The molecule has 0 fully saturated rings. The summed E-state index contributed by atoms with van der Waals surface area (Å²) in [5.41, 5.74) is 8.66. The summed E-state index contributed by atoms with van der Waals surface area (Å²) in [6, 6.07) is 6.75. The monoisotopic (exact) mass is 179 g/mol. The standard InChI is InChI=1S/C8H10N.Co/c1-6-3-4-8(9)5-7(6)2;/h3,5H,9H2,1-2H3;/q-1;. The van der Waals surface area contributed by atoms with Gasteiger partial charge >= 0.3 is 0 Å². The molecular formula is C8H10CoN-. The third-order valence-electron chi connectivity index (χ3n) is 1.45. The Kier molecular flexibility index (Phi) is 3.46. The maximum Gasteiger partial charge on any atom is 0 e. The first-order valence-corrected chi connectivity index (χ1v) is 2.94. The van der Waals surface area contributed by atoms with Gasteiger partial charge in [0, 0.05) is 16.8 Å². The first-order chi connectivity index (χ1) is 4.20. The van der Waals surface area contributed by atoms with Gasteiger partial charge in [-0.25, -0.2) is 0 Å². The summed E-state index contributed by atoms with van der Waals surface area (Å²) in [6.07, 6.45) is 0. The number of benzene rings is 1. The summed E-state index contributed by atoms with van der Waals surface area (Å²) in [5.74, 6) is 0. The Balaban J connectivity index is 0.000000810. The van der Waals surface area contributed by atoms with Crippen molar-refractivity contribution in [2.24, 2.45) is 0 Å². The second-order valence-corrected chi connectivity index (χ2v) is 2.25. The van der Waals surface area contributed by atoms with E-state index < -0.39 is 0 Å². The fourth-order valence-corrected chi connectivity index (χ4v) is 0.694. The van der Waals surface area contributed by atoms with Crippen molar-refractivity contribution in [2.75, 3.05) is 5.73 Å². The molecule has 1 aromatic rings. The predicted octanol–water partition coefficient (Wildman–Crippen LogP) is 1.68. The molecular weight excluding hydrogens is 169 g/mol. The van der Waals surface area contributed by atoms with Gasteiger partial charge in [0.05, 0.1) is 0 Å². The zero-order chi connectivity index (χ0) is 6.85. The molecule has 10 heavy (non-hydrogen) atoms.